The van der Waals surface area contributed by atoms with Crippen molar-refractivity contribution < 1.29 is 38.0 Å². The number of ether oxygens (including phenoxy) is 4. The molecule has 0 aromatic rings. The number of halogens is 1. The van der Waals surface area contributed by atoms with Gasteiger partial charge in [0, 0.05) is 33.5 Å². The maximum absolute atomic E-state index is 15.4. The number of rotatable bonds is 9. The summed E-state index contributed by atoms with van der Waals surface area (Å²) in [4.78, 5) is 33.4. The van der Waals surface area contributed by atoms with E-state index in [9.17, 15) is 14.7 Å². The van der Waals surface area contributed by atoms with Crippen LogP contribution in [0.5, 0.6) is 0 Å². The zero-order valence-corrected chi connectivity index (χ0v) is 18.8. The van der Waals surface area contributed by atoms with Crippen LogP contribution in [-0.2, 0) is 28.5 Å². The quantitative estimate of drug-likeness (QED) is 0.208. The molecule has 36 heavy (non-hydrogen) atoms. The van der Waals surface area contributed by atoms with Gasteiger partial charge in [-0.3, -0.25) is 9.59 Å². The lowest BCUT2D eigenvalue weighted by Crippen LogP contribution is -2.62. The molecule has 20 heteroatoms. The van der Waals surface area contributed by atoms with Crippen molar-refractivity contribution in [3.05, 3.63) is 41.8 Å². The molecule has 0 aromatic heterocycles. The molecule has 19 nitrogen and oxygen atoms in total. The van der Waals surface area contributed by atoms with Gasteiger partial charge in [0.25, 0.3) is 0 Å². The van der Waals surface area contributed by atoms with E-state index in [-0.39, 0.29) is 6.42 Å². The molecule has 2 aliphatic rings. The lowest BCUT2D eigenvalue weighted by molar-refractivity contribution is -0.283. The van der Waals surface area contributed by atoms with Crippen molar-refractivity contribution in [2.24, 2.45) is 20.5 Å². The molecule has 1 N–H and O–H groups in total. The van der Waals surface area contributed by atoms with Crippen molar-refractivity contribution in [3.63, 3.8) is 0 Å². The highest BCUT2D eigenvalue weighted by Gasteiger charge is 2.52. The highest BCUT2D eigenvalue weighted by Crippen LogP contribution is 2.35. The largest absolute Gasteiger partial charge is 0.459 e. The van der Waals surface area contributed by atoms with Gasteiger partial charge in [-0.2, -0.15) is 0 Å². The van der Waals surface area contributed by atoms with Gasteiger partial charge in [-0.05, 0) is 28.5 Å². The van der Waals surface area contributed by atoms with Gasteiger partial charge in [0.05, 0.1) is 24.7 Å². The maximum Gasteiger partial charge on any atom is 0.303 e. The van der Waals surface area contributed by atoms with Gasteiger partial charge < -0.3 is 24.1 Å². The van der Waals surface area contributed by atoms with Crippen LogP contribution in [0.15, 0.2) is 20.5 Å². The Hall–Kier alpha value is -4.01. The summed E-state index contributed by atoms with van der Waals surface area (Å²) in [5.41, 5.74) is 35.4. The van der Waals surface area contributed by atoms with E-state index in [1.807, 2.05) is 0 Å². The molecule has 1 aliphatic carbocycles. The van der Waals surface area contributed by atoms with Crippen molar-refractivity contribution >= 4 is 11.9 Å². The summed E-state index contributed by atoms with van der Waals surface area (Å²) in [6.07, 6.45) is -12.0. The maximum atomic E-state index is 15.4. The third-order valence-electron chi connectivity index (χ3n) is 5.31. The van der Waals surface area contributed by atoms with Crippen LogP contribution >= 0.6 is 0 Å². The number of carbonyl (C=O) groups is 2. The number of aliphatic hydroxyl groups excluding tert-OH is 1. The monoisotopic (exact) mass is 512 g/mol. The Bertz CT molecular complexity index is 1020. The van der Waals surface area contributed by atoms with Gasteiger partial charge in [-0.1, -0.05) is 20.5 Å². The molecule has 1 saturated heterocycles. The summed E-state index contributed by atoms with van der Waals surface area (Å²) < 4.78 is 36.7. The number of nitrogens with zero attached hydrogens (tertiary/aromatic N) is 12. The van der Waals surface area contributed by atoms with E-state index in [0.717, 1.165) is 13.8 Å². The average molecular weight is 512 g/mol. The number of carbonyl (C=O) groups excluding carboxylic acids is 2. The molecule has 1 heterocycles. The summed E-state index contributed by atoms with van der Waals surface area (Å²) in [5, 5.41) is 24.5. The lowest BCUT2D eigenvalue weighted by Gasteiger charge is -2.46. The molecule has 0 amide bonds. The van der Waals surface area contributed by atoms with E-state index in [4.69, 9.17) is 41.1 Å². The molecule has 2 fully saturated rings. The Balaban J connectivity index is 2.46. The van der Waals surface area contributed by atoms with Crippen LogP contribution in [0.3, 0.4) is 0 Å². The SMILES string of the molecule is CC(=O)OC1C(N=[N+]=[N-])CC(N=[N+]=[N-])C(OC2OC(CN=[N+]=[N-])C(OC(C)=O)C(F)C2N=[N+]=[N-])C1O. The molecule has 1 aliphatic heterocycles. The topological polar surface area (TPSA) is 286 Å². The number of azide groups is 4. The minimum Gasteiger partial charge on any atom is -0.459 e. The smallest absolute Gasteiger partial charge is 0.303 e. The number of hydrogen-bond donors (Lipinski definition) is 1. The van der Waals surface area contributed by atoms with Gasteiger partial charge >= 0.3 is 11.9 Å². The Kier molecular flexibility index (Phi) is 10.3. The fourth-order valence-electron chi connectivity index (χ4n) is 3.95. The molecular weight excluding hydrogens is 491 g/mol. The molecule has 1 saturated carbocycles. The average Bonchev–Trinajstić information content (AvgIpc) is 2.81. The number of esters is 2. The second-order valence-electron chi connectivity index (χ2n) is 7.62. The van der Waals surface area contributed by atoms with Gasteiger partial charge in [-0.25, -0.2) is 4.39 Å². The van der Waals surface area contributed by atoms with Crippen molar-refractivity contribution in [2.75, 3.05) is 6.54 Å². The Morgan fingerprint density at radius 1 is 0.944 bits per heavy atom. The van der Waals surface area contributed by atoms with E-state index in [1.54, 1.807) is 0 Å². The van der Waals surface area contributed by atoms with Crippen molar-refractivity contribution in [1.82, 2.24) is 0 Å². The van der Waals surface area contributed by atoms with Crippen molar-refractivity contribution in [3.8, 4) is 0 Å². The van der Waals surface area contributed by atoms with Crippen LogP contribution in [0, 0.1) is 0 Å². The van der Waals surface area contributed by atoms with Crippen LogP contribution in [0.4, 0.5) is 4.39 Å². The summed E-state index contributed by atoms with van der Waals surface area (Å²) in [6.45, 7) is 1.53. The van der Waals surface area contributed by atoms with Crippen LogP contribution in [0.25, 0.3) is 41.8 Å². The molecule has 10 unspecified atom stereocenters. The van der Waals surface area contributed by atoms with Crippen LogP contribution in [0.1, 0.15) is 20.3 Å². The second kappa shape index (κ2) is 13.2. The molecule has 0 aromatic carbocycles. The van der Waals surface area contributed by atoms with Gasteiger partial charge in [0.2, 0.25) is 0 Å². The van der Waals surface area contributed by atoms with Gasteiger partial charge in [0.15, 0.2) is 18.6 Å². The molecule has 0 radical (unpaired) electrons. The van der Waals surface area contributed by atoms with Crippen LogP contribution in [-0.4, -0.2) is 84.7 Å². The van der Waals surface area contributed by atoms with E-state index < -0.39 is 79.6 Å². The summed E-state index contributed by atoms with van der Waals surface area (Å²) in [6, 6.07) is -4.16. The van der Waals surface area contributed by atoms with Crippen LogP contribution < -0.4 is 0 Å². The first-order valence-electron chi connectivity index (χ1n) is 10.3. The first-order chi connectivity index (χ1) is 17.2. The molecule has 0 bridgehead atoms. The van der Waals surface area contributed by atoms with Gasteiger partial charge in [-0.15, -0.1) is 0 Å². The van der Waals surface area contributed by atoms with Gasteiger partial charge in [0.1, 0.15) is 24.4 Å². The fourth-order valence-corrected chi connectivity index (χ4v) is 3.95. The highest BCUT2D eigenvalue weighted by molar-refractivity contribution is 5.66. The third-order valence-corrected chi connectivity index (χ3v) is 5.31. The molecular formula is C16H21FN12O7. The third kappa shape index (κ3) is 6.78. The first-order valence-corrected chi connectivity index (χ1v) is 10.3. The van der Waals surface area contributed by atoms with Crippen molar-refractivity contribution in [2.45, 2.75) is 81.4 Å². The van der Waals surface area contributed by atoms with Crippen molar-refractivity contribution in [1.29, 1.82) is 0 Å². The Morgan fingerprint density at radius 3 is 2.03 bits per heavy atom. The zero-order chi connectivity index (χ0) is 26.8. The van der Waals surface area contributed by atoms with E-state index in [0.29, 0.717) is 0 Å². The normalized spacial score (nSPS) is 35.4. The standard InChI is InChI=1S/C16H21FN12O7/c1-5(30)33-13-7(23-27-19)3-8(24-28-20)14(12(13)32)36-16-11(25-29-21)10(17)15(34-6(2)31)9(35-16)4-22-26-18/h7-16,32H,3-4H2,1-2H3. The van der Waals surface area contributed by atoms with E-state index in [2.05, 4.69) is 40.1 Å². The minimum atomic E-state index is -2.21. The second-order valence-corrected chi connectivity index (χ2v) is 7.62. The van der Waals surface area contributed by atoms with Crippen LogP contribution in [0.2, 0.25) is 0 Å². The fraction of sp³-hybridized carbons (Fsp3) is 0.875. The lowest BCUT2D eigenvalue weighted by atomic mass is 9.84. The first kappa shape index (κ1) is 28.2. The number of hydrogen-bond acceptors (Lipinski definition) is 11. The summed E-state index contributed by atoms with van der Waals surface area (Å²) in [7, 11) is 0. The summed E-state index contributed by atoms with van der Waals surface area (Å²) >= 11 is 0. The van der Waals surface area contributed by atoms with E-state index in [1.165, 1.54) is 0 Å². The molecule has 10 atom stereocenters. The number of aliphatic hydroxyl groups is 1. The molecule has 0 spiro atoms. The van der Waals surface area contributed by atoms with E-state index >= 15 is 4.39 Å². The predicted molar refractivity (Wildman–Crippen MR) is 113 cm³/mol. The predicted octanol–water partition coefficient (Wildman–Crippen LogP) is 2.41. The Morgan fingerprint density at radius 2 is 1.50 bits per heavy atom. The minimum absolute atomic E-state index is 0.246. The molecule has 194 valence electrons. The highest BCUT2D eigenvalue weighted by atomic mass is 19.1. The Labute approximate surface area is 200 Å². The molecule has 2 rings (SSSR count). The zero-order valence-electron chi connectivity index (χ0n) is 18.8. The summed E-state index contributed by atoms with van der Waals surface area (Å²) in [5.74, 6) is -1.72. The number of alkyl halides is 1.